The molecule has 0 unspecified atom stereocenters. The quantitative estimate of drug-likeness (QED) is 0.854. The summed E-state index contributed by atoms with van der Waals surface area (Å²) in [6, 6.07) is 4.32. The lowest BCUT2D eigenvalue weighted by Crippen LogP contribution is -2.14. The fraction of sp³-hybridized carbons (Fsp3) is 0.429. The van der Waals surface area contributed by atoms with Crippen LogP contribution in [0.25, 0.3) is 10.9 Å². The Morgan fingerprint density at radius 1 is 1.35 bits per heavy atom. The van der Waals surface area contributed by atoms with E-state index < -0.39 is 5.60 Å². The molecular formula is C14H16BrNO. The Balaban J connectivity index is 2.41. The molecule has 3 rings (SSSR count). The van der Waals surface area contributed by atoms with Gasteiger partial charge >= 0.3 is 0 Å². The first-order valence-electron chi connectivity index (χ1n) is 6.01. The van der Waals surface area contributed by atoms with Gasteiger partial charge < -0.3 is 9.67 Å². The monoisotopic (exact) mass is 293 g/mol. The zero-order valence-corrected chi connectivity index (χ0v) is 11.7. The zero-order valence-electron chi connectivity index (χ0n) is 10.1. The number of aliphatic hydroxyl groups is 1. The fourth-order valence-electron chi connectivity index (χ4n) is 2.78. The smallest absolute Gasteiger partial charge is 0.0861 e. The van der Waals surface area contributed by atoms with Crippen LogP contribution in [-0.4, -0.2) is 9.67 Å². The number of benzene rings is 1. The molecule has 0 atom stereocenters. The Morgan fingerprint density at radius 3 is 2.82 bits per heavy atom. The summed E-state index contributed by atoms with van der Waals surface area (Å²) < 4.78 is 3.39. The van der Waals surface area contributed by atoms with Crippen LogP contribution in [0.15, 0.2) is 22.8 Å². The lowest BCUT2D eigenvalue weighted by molar-refractivity contribution is 0.0800. The van der Waals surface area contributed by atoms with Crippen LogP contribution in [0.5, 0.6) is 0 Å². The molecule has 1 aliphatic heterocycles. The second-order valence-corrected chi connectivity index (χ2v) is 6.28. The summed E-state index contributed by atoms with van der Waals surface area (Å²) in [6.07, 6.45) is 4.42. The molecule has 0 bridgehead atoms. The highest BCUT2D eigenvalue weighted by molar-refractivity contribution is 9.10. The molecule has 1 N–H and O–H groups in total. The van der Waals surface area contributed by atoms with Gasteiger partial charge in [0.05, 0.1) is 11.1 Å². The highest BCUT2D eigenvalue weighted by Gasteiger charge is 2.25. The van der Waals surface area contributed by atoms with Gasteiger partial charge in [-0.2, -0.15) is 0 Å². The van der Waals surface area contributed by atoms with E-state index in [-0.39, 0.29) is 0 Å². The first-order chi connectivity index (χ1) is 7.97. The van der Waals surface area contributed by atoms with E-state index in [9.17, 15) is 5.11 Å². The van der Waals surface area contributed by atoms with Crippen LogP contribution >= 0.6 is 15.9 Å². The topological polar surface area (TPSA) is 25.2 Å². The van der Waals surface area contributed by atoms with E-state index in [0.29, 0.717) is 0 Å². The predicted octanol–water partition coefficient (Wildman–Crippen LogP) is 3.58. The number of hydrogen-bond donors (Lipinski definition) is 1. The predicted molar refractivity (Wildman–Crippen MR) is 73.2 cm³/mol. The van der Waals surface area contributed by atoms with Crippen molar-refractivity contribution in [2.24, 2.45) is 0 Å². The first-order valence-corrected chi connectivity index (χ1v) is 6.80. The molecule has 2 nitrogen and oxygen atoms in total. The number of aromatic nitrogens is 1. The lowest BCUT2D eigenvalue weighted by Gasteiger charge is -2.16. The van der Waals surface area contributed by atoms with E-state index in [1.807, 2.05) is 13.8 Å². The van der Waals surface area contributed by atoms with Crippen molar-refractivity contribution in [1.29, 1.82) is 0 Å². The van der Waals surface area contributed by atoms with Crippen LogP contribution in [0.3, 0.4) is 0 Å². The maximum Gasteiger partial charge on any atom is 0.0861 e. The van der Waals surface area contributed by atoms with Gasteiger partial charge in [-0.15, -0.1) is 0 Å². The summed E-state index contributed by atoms with van der Waals surface area (Å²) in [7, 11) is 0. The standard InChI is InChI=1S/C14H16BrNO/c1-14(2,17)12-8-16-5-3-4-9-6-10(15)7-11(12)13(9)16/h6-8,17H,3-5H2,1-2H3. The molecule has 0 aliphatic carbocycles. The molecule has 0 saturated carbocycles. The molecule has 90 valence electrons. The Kier molecular flexibility index (Phi) is 2.39. The second kappa shape index (κ2) is 3.59. The van der Waals surface area contributed by atoms with Crippen molar-refractivity contribution < 1.29 is 5.11 Å². The Bertz CT molecular complexity index is 592. The maximum absolute atomic E-state index is 10.3. The van der Waals surface area contributed by atoms with Gasteiger partial charge in [-0.1, -0.05) is 15.9 Å². The van der Waals surface area contributed by atoms with Gasteiger partial charge in [-0.3, -0.25) is 0 Å². The number of rotatable bonds is 1. The molecule has 1 aromatic carbocycles. The SMILES string of the molecule is CC(C)(O)c1cn2c3c(cc(Br)cc13)CCC2. The van der Waals surface area contributed by atoms with Crippen LogP contribution < -0.4 is 0 Å². The highest BCUT2D eigenvalue weighted by atomic mass is 79.9. The summed E-state index contributed by atoms with van der Waals surface area (Å²) in [6.45, 7) is 4.76. The number of hydrogen-bond acceptors (Lipinski definition) is 1. The summed E-state index contributed by atoms with van der Waals surface area (Å²) in [4.78, 5) is 0. The average Bonchev–Trinajstić information content (AvgIpc) is 2.58. The molecule has 1 aliphatic rings. The van der Waals surface area contributed by atoms with E-state index in [1.165, 1.54) is 22.9 Å². The van der Waals surface area contributed by atoms with Crippen molar-refractivity contribution in [3.63, 3.8) is 0 Å². The van der Waals surface area contributed by atoms with E-state index in [0.717, 1.165) is 23.0 Å². The van der Waals surface area contributed by atoms with E-state index in [2.05, 4.69) is 38.8 Å². The van der Waals surface area contributed by atoms with Gasteiger partial charge in [-0.05, 0) is 44.4 Å². The second-order valence-electron chi connectivity index (χ2n) is 5.36. The molecule has 0 fully saturated rings. The summed E-state index contributed by atoms with van der Waals surface area (Å²) in [5, 5.41) is 11.5. The third-order valence-corrected chi connectivity index (χ3v) is 3.98. The minimum absolute atomic E-state index is 0.786. The Hall–Kier alpha value is -0.800. The van der Waals surface area contributed by atoms with Gasteiger partial charge in [0.25, 0.3) is 0 Å². The van der Waals surface area contributed by atoms with E-state index in [4.69, 9.17) is 0 Å². The lowest BCUT2D eigenvalue weighted by atomic mass is 9.96. The van der Waals surface area contributed by atoms with Gasteiger partial charge in [0.15, 0.2) is 0 Å². The van der Waals surface area contributed by atoms with Gasteiger partial charge in [0.1, 0.15) is 0 Å². The molecule has 0 amide bonds. The van der Waals surface area contributed by atoms with Crippen molar-refractivity contribution in [2.45, 2.75) is 38.8 Å². The van der Waals surface area contributed by atoms with Crippen LogP contribution in [0, 0.1) is 0 Å². The maximum atomic E-state index is 10.3. The third-order valence-electron chi connectivity index (χ3n) is 3.52. The molecule has 2 aromatic rings. The summed E-state index contributed by atoms with van der Waals surface area (Å²) in [5.74, 6) is 0. The first kappa shape index (κ1) is 11.3. The molecular weight excluding hydrogens is 278 g/mol. The molecule has 0 spiro atoms. The van der Waals surface area contributed by atoms with Crippen molar-refractivity contribution in [3.8, 4) is 0 Å². The van der Waals surface area contributed by atoms with Crippen LogP contribution in [-0.2, 0) is 18.6 Å². The molecule has 0 saturated heterocycles. The number of halogens is 1. The Labute approximate surface area is 109 Å². The van der Waals surface area contributed by atoms with E-state index >= 15 is 0 Å². The van der Waals surface area contributed by atoms with Gasteiger partial charge in [0.2, 0.25) is 0 Å². The van der Waals surface area contributed by atoms with Crippen molar-refractivity contribution in [2.75, 3.05) is 0 Å². The number of aryl methyl sites for hydroxylation is 2. The van der Waals surface area contributed by atoms with Gasteiger partial charge in [0, 0.05) is 28.2 Å². The molecule has 0 radical (unpaired) electrons. The van der Waals surface area contributed by atoms with Crippen molar-refractivity contribution >= 4 is 26.8 Å². The number of nitrogens with zero attached hydrogens (tertiary/aromatic N) is 1. The largest absolute Gasteiger partial charge is 0.386 e. The molecule has 2 heterocycles. The Morgan fingerprint density at radius 2 is 2.12 bits per heavy atom. The highest BCUT2D eigenvalue weighted by Crippen LogP contribution is 2.36. The summed E-state index contributed by atoms with van der Waals surface area (Å²) in [5.41, 5.74) is 2.93. The molecule has 17 heavy (non-hydrogen) atoms. The van der Waals surface area contributed by atoms with Crippen LogP contribution in [0.4, 0.5) is 0 Å². The van der Waals surface area contributed by atoms with Crippen molar-refractivity contribution in [3.05, 3.63) is 33.9 Å². The molecule has 1 aromatic heterocycles. The van der Waals surface area contributed by atoms with Crippen LogP contribution in [0.2, 0.25) is 0 Å². The summed E-state index contributed by atoms with van der Waals surface area (Å²) >= 11 is 3.57. The minimum Gasteiger partial charge on any atom is -0.386 e. The van der Waals surface area contributed by atoms with Crippen LogP contribution in [0.1, 0.15) is 31.4 Å². The zero-order chi connectivity index (χ0) is 12.2. The van der Waals surface area contributed by atoms with Gasteiger partial charge in [-0.25, -0.2) is 0 Å². The van der Waals surface area contributed by atoms with E-state index in [1.54, 1.807) is 0 Å². The minimum atomic E-state index is -0.786. The fourth-order valence-corrected chi connectivity index (χ4v) is 3.29. The normalized spacial score (nSPS) is 15.5. The third kappa shape index (κ3) is 1.72. The molecule has 3 heteroatoms. The average molecular weight is 294 g/mol. The van der Waals surface area contributed by atoms with Crippen molar-refractivity contribution in [1.82, 2.24) is 4.57 Å².